The predicted octanol–water partition coefficient (Wildman–Crippen LogP) is 0.820. The zero-order chi connectivity index (χ0) is 11.5. The fourth-order valence-corrected chi connectivity index (χ4v) is 1.38. The van der Waals surface area contributed by atoms with Crippen molar-refractivity contribution >= 4 is 22.6 Å². The van der Waals surface area contributed by atoms with Crippen LogP contribution in [0.25, 0.3) is 11.0 Å². The lowest BCUT2D eigenvalue weighted by atomic mass is 10.2. The van der Waals surface area contributed by atoms with Crippen molar-refractivity contribution in [3.8, 4) is 6.07 Å². The highest BCUT2D eigenvalue weighted by molar-refractivity contribution is 5.93. The van der Waals surface area contributed by atoms with Gasteiger partial charge in [0, 0.05) is 12.7 Å². The molecule has 6 nitrogen and oxygen atoms in total. The smallest absolute Gasteiger partial charge is 0.238 e. The SMILES string of the molecule is Cn1nc2ccc(NC(=O)CC#N)cc2n1. The molecule has 0 spiro atoms. The fourth-order valence-electron chi connectivity index (χ4n) is 1.38. The number of nitrogens with one attached hydrogen (secondary N) is 1. The van der Waals surface area contributed by atoms with E-state index in [9.17, 15) is 4.79 Å². The second-order valence-electron chi connectivity index (χ2n) is 3.28. The van der Waals surface area contributed by atoms with Gasteiger partial charge in [0.2, 0.25) is 5.91 Å². The summed E-state index contributed by atoms with van der Waals surface area (Å²) in [6.07, 6.45) is -0.154. The maximum atomic E-state index is 11.2. The van der Waals surface area contributed by atoms with Crippen LogP contribution in [0.15, 0.2) is 18.2 Å². The highest BCUT2D eigenvalue weighted by atomic mass is 16.1. The summed E-state index contributed by atoms with van der Waals surface area (Å²) in [6.45, 7) is 0. The van der Waals surface area contributed by atoms with Crippen LogP contribution in [0.3, 0.4) is 0 Å². The number of nitrogens with zero attached hydrogens (tertiary/aromatic N) is 4. The molecule has 1 N–H and O–H groups in total. The van der Waals surface area contributed by atoms with Gasteiger partial charge in [0.05, 0.1) is 6.07 Å². The third-order valence-electron chi connectivity index (χ3n) is 2.00. The number of hydrogen-bond acceptors (Lipinski definition) is 4. The van der Waals surface area contributed by atoms with Gasteiger partial charge in [0.15, 0.2) is 0 Å². The van der Waals surface area contributed by atoms with Crippen LogP contribution in [0.5, 0.6) is 0 Å². The Kier molecular flexibility index (Phi) is 2.52. The number of nitriles is 1. The molecule has 1 heterocycles. The fraction of sp³-hybridized carbons (Fsp3) is 0.200. The third-order valence-corrected chi connectivity index (χ3v) is 2.00. The molecule has 1 aromatic heterocycles. The molecule has 0 bridgehead atoms. The number of rotatable bonds is 2. The minimum absolute atomic E-state index is 0.154. The number of carbonyl (C=O) groups excluding carboxylic acids is 1. The Morgan fingerprint density at radius 3 is 3.00 bits per heavy atom. The molecule has 0 fully saturated rings. The molecule has 0 saturated heterocycles. The maximum absolute atomic E-state index is 11.2. The van der Waals surface area contributed by atoms with Crippen molar-refractivity contribution < 1.29 is 4.79 Å². The standard InChI is InChI=1S/C10H9N5O/c1-15-13-8-3-2-7(6-9(8)14-15)12-10(16)4-5-11/h2-3,6H,4H2,1H3,(H,12,16). The lowest BCUT2D eigenvalue weighted by Crippen LogP contribution is -2.09. The molecule has 2 aromatic rings. The minimum Gasteiger partial charge on any atom is -0.325 e. The van der Waals surface area contributed by atoms with Gasteiger partial charge >= 0.3 is 0 Å². The topological polar surface area (TPSA) is 83.6 Å². The Morgan fingerprint density at radius 2 is 2.25 bits per heavy atom. The van der Waals surface area contributed by atoms with E-state index in [1.807, 2.05) is 0 Å². The summed E-state index contributed by atoms with van der Waals surface area (Å²) in [4.78, 5) is 12.6. The lowest BCUT2D eigenvalue weighted by Gasteiger charge is -2.00. The van der Waals surface area contributed by atoms with Crippen LogP contribution < -0.4 is 5.32 Å². The first-order valence-corrected chi connectivity index (χ1v) is 4.67. The van der Waals surface area contributed by atoms with E-state index >= 15 is 0 Å². The van der Waals surface area contributed by atoms with Gasteiger partial charge in [-0.1, -0.05) is 0 Å². The number of benzene rings is 1. The van der Waals surface area contributed by atoms with Crippen molar-refractivity contribution in [2.24, 2.45) is 7.05 Å². The van der Waals surface area contributed by atoms with E-state index in [1.54, 1.807) is 31.3 Å². The van der Waals surface area contributed by atoms with Gasteiger partial charge in [0.1, 0.15) is 17.5 Å². The highest BCUT2D eigenvalue weighted by Gasteiger charge is 2.04. The summed E-state index contributed by atoms with van der Waals surface area (Å²) in [5.74, 6) is -0.328. The largest absolute Gasteiger partial charge is 0.325 e. The van der Waals surface area contributed by atoms with Crippen molar-refractivity contribution in [3.63, 3.8) is 0 Å². The molecule has 80 valence electrons. The molecule has 0 saturated carbocycles. The zero-order valence-corrected chi connectivity index (χ0v) is 8.64. The average molecular weight is 215 g/mol. The molecule has 0 aliphatic rings. The van der Waals surface area contributed by atoms with Gasteiger partial charge in [-0.3, -0.25) is 4.79 Å². The van der Waals surface area contributed by atoms with Gasteiger partial charge in [-0.05, 0) is 18.2 Å². The van der Waals surface area contributed by atoms with Gasteiger partial charge in [-0.2, -0.15) is 20.3 Å². The Hall–Kier alpha value is -2.42. The van der Waals surface area contributed by atoms with Crippen LogP contribution in [-0.2, 0) is 11.8 Å². The first-order valence-electron chi connectivity index (χ1n) is 4.67. The van der Waals surface area contributed by atoms with Gasteiger partial charge in [-0.15, -0.1) is 0 Å². The summed E-state index contributed by atoms with van der Waals surface area (Å²) in [7, 11) is 1.73. The number of hydrogen-bond donors (Lipinski definition) is 1. The Morgan fingerprint density at radius 1 is 1.50 bits per heavy atom. The normalized spacial score (nSPS) is 10.0. The average Bonchev–Trinajstić information content (AvgIpc) is 2.57. The summed E-state index contributed by atoms with van der Waals surface area (Å²) >= 11 is 0. The molecule has 0 radical (unpaired) electrons. The highest BCUT2D eigenvalue weighted by Crippen LogP contribution is 2.15. The number of fused-ring (bicyclic) bond motifs is 1. The van der Waals surface area contributed by atoms with E-state index in [2.05, 4.69) is 15.5 Å². The monoisotopic (exact) mass is 215 g/mol. The van der Waals surface area contributed by atoms with E-state index in [0.717, 1.165) is 5.52 Å². The number of aryl methyl sites for hydroxylation is 1. The van der Waals surface area contributed by atoms with Crippen molar-refractivity contribution in [3.05, 3.63) is 18.2 Å². The lowest BCUT2D eigenvalue weighted by molar-refractivity contribution is -0.115. The molecule has 6 heteroatoms. The maximum Gasteiger partial charge on any atom is 0.238 e. The molecule has 2 rings (SSSR count). The Bertz CT molecular complexity index is 580. The molecule has 1 amide bonds. The van der Waals surface area contributed by atoms with Gasteiger partial charge in [0.25, 0.3) is 0 Å². The summed E-state index contributed by atoms with van der Waals surface area (Å²) < 4.78 is 0. The molecular formula is C10H9N5O. The molecule has 1 aromatic carbocycles. The first kappa shape index (κ1) is 10.1. The van der Waals surface area contributed by atoms with Crippen LogP contribution in [0.4, 0.5) is 5.69 Å². The number of amides is 1. The molecular weight excluding hydrogens is 206 g/mol. The second kappa shape index (κ2) is 3.98. The van der Waals surface area contributed by atoms with Crippen LogP contribution in [-0.4, -0.2) is 20.9 Å². The van der Waals surface area contributed by atoms with Crippen molar-refractivity contribution in [1.82, 2.24) is 15.0 Å². The summed E-state index contributed by atoms with van der Waals surface area (Å²) in [5, 5.41) is 19.2. The Labute approximate surface area is 91.5 Å². The van der Waals surface area contributed by atoms with E-state index in [-0.39, 0.29) is 12.3 Å². The third kappa shape index (κ3) is 1.98. The van der Waals surface area contributed by atoms with Crippen LogP contribution >= 0.6 is 0 Å². The molecule has 16 heavy (non-hydrogen) atoms. The number of carbonyl (C=O) groups is 1. The molecule has 0 aliphatic carbocycles. The van der Waals surface area contributed by atoms with E-state index in [1.165, 1.54) is 4.80 Å². The van der Waals surface area contributed by atoms with Crippen LogP contribution in [0, 0.1) is 11.3 Å². The van der Waals surface area contributed by atoms with Gasteiger partial charge < -0.3 is 5.32 Å². The van der Waals surface area contributed by atoms with Crippen molar-refractivity contribution in [2.45, 2.75) is 6.42 Å². The van der Waals surface area contributed by atoms with Gasteiger partial charge in [-0.25, -0.2) is 0 Å². The first-order chi connectivity index (χ1) is 7.69. The molecule has 0 aliphatic heterocycles. The number of aromatic nitrogens is 3. The van der Waals surface area contributed by atoms with Crippen molar-refractivity contribution in [1.29, 1.82) is 5.26 Å². The molecule has 0 unspecified atom stereocenters. The summed E-state index contributed by atoms with van der Waals surface area (Å²) in [5.41, 5.74) is 2.09. The summed E-state index contributed by atoms with van der Waals surface area (Å²) in [6, 6.07) is 7.00. The second-order valence-corrected chi connectivity index (χ2v) is 3.28. The minimum atomic E-state index is -0.328. The van der Waals surface area contributed by atoms with E-state index in [4.69, 9.17) is 5.26 Å². The molecule has 0 atom stereocenters. The quantitative estimate of drug-likeness (QED) is 0.803. The predicted molar refractivity (Wildman–Crippen MR) is 57.4 cm³/mol. The zero-order valence-electron chi connectivity index (χ0n) is 8.64. The van der Waals surface area contributed by atoms with E-state index in [0.29, 0.717) is 11.2 Å². The van der Waals surface area contributed by atoms with Crippen LogP contribution in [0.1, 0.15) is 6.42 Å². The number of anilines is 1. The van der Waals surface area contributed by atoms with E-state index < -0.39 is 0 Å². The van der Waals surface area contributed by atoms with Crippen LogP contribution in [0.2, 0.25) is 0 Å². The Balaban J connectivity index is 2.26. The van der Waals surface area contributed by atoms with Crippen molar-refractivity contribution in [2.75, 3.05) is 5.32 Å².